The predicted octanol–water partition coefficient (Wildman–Crippen LogP) is 5.96. The van der Waals surface area contributed by atoms with Crippen LogP contribution < -0.4 is 9.47 Å². The Morgan fingerprint density at radius 3 is 2.39 bits per heavy atom. The molecule has 4 rings (SSSR count). The van der Waals surface area contributed by atoms with Gasteiger partial charge in [-0.3, -0.25) is 0 Å². The van der Waals surface area contributed by atoms with E-state index < -0.39 is 0 Å². The maximum atomic E-state index is 5.66. The van der Waals surface area contributed by atoms with Gasteiger partial charge in [0.2, 0.25) is 0 Å². The van der Waals surface area contributed by atoms with E-state index in [-0.39, 0.29) is 5.41 Å². The number of ether oxygens (including phenoxy) is 2. The van der Waals surface area contributed by atoms with Gasteiger partial charge < -0.3 is 9.47 Å². The lowest BCUT2D eigenvalue weighted by Crippen LogP contribution is -2.31. The zero-order valence-corrected chi connectivity index (χ0v) is 16.7. The van der Waals surface area contributed by atoms with Crippen molar-refractivity contribution in [3.63, 3.8) is 0 Å². The maximum Gasteiger partial charge on any atom is 0.119 e. The number of hydrogen-bond acceptors (Lipinski definition) is 2. The van der Waals surface area contributed by atoms with Gasteiger partial charge in [0.05, 0.1) is 13.7 Å². The molecule has 2 nitrogen and oxygen atoms in total. The smallest absolute Gasteiger partial charge is 0.119 e. The highest BCUT2D eigenvalue weighted by atomic mass is 16.5. The van der Waals surface area contributed by atoms with E-state index in [1.807, 2.05) is 6.92 Å². The molecule has 142 valence electrons. The van der Waals surface area contributed by atoms with Gasteiger partial charge in [0.15, 0.2) is 0 Å². The fourth-order valence-electron chi connectivity index (χ4n) is 4.27. The third-order valence-electron chi connectivity index (χ3n) is 5.67. The van der Waals surface area contributed by atoms with Crippen LogP contribution in [0.25, 0.3) is 6.08 Å². The molecule has 0 radical (unpaired) electrons. The maximum absolute atomic E-state index is 5.66. The van der Waals surface area contributed by atoms with Crippen LogP contribution in [0.1, 0.15) is 34.7 Å². The highest BCUT2D eigenvalue weighted by Crippen LogP contribution is 2.43. The molecule has 1 aliphatic rings. The summed E-state index contributed by atoms with van der Waals surface area (Å²) in [5, 5.41) is 0. The number of fused-ring (bicyclic) bond motifs is 1. The van der Waals surface area contributed by atoms with Crippen molar-refractivity contribution in [2.24, 2.45) is 0 Å². The summed E-state index contributed by atoms with van der Waals surface area (Å²) < 4.78 is 11.1. The first-order valence-electron chi connectivity index (χ1n) is 9.82. The molecule has 0 aromatic heterocycles. The normalized spacial score (nSPS) is 17.8. The lowest BCUT2D eigenvalue weighted by atomic mass is 9.66. The molecule has 2 heteroatoms. The number of aryl methyl sites for hydroxylation is 1. The van der Waals surface area contributed by atoms with Crippen LogP contribution in [0.15, 0.2) is 72.8 Å². The third-order valence-corrected chi connectivity index (χ3v) is 5.67. The summed E-state index contributed by atoms with van der Waals surface area (Å²) >= 11 is 0. The van der Waals surface area contributed by atoms with Crippen molar-refractivity contribution in [3.8, 4) is 11.5 Å². The van der Waals surface area contributed by atoms with E-state index in [0.717, 1.165) is 17.9 Å². The van der Waals surface area contributed by atoms with Crippen molar-refractivity contribution in [3.05, 3.63) is 101 Å². The Balaban J connectivity index is 1.87. The molecule has 0 amide bonds. The van der Waals surface area contributed by atoms with Gasteiger partial charge in [-0.15, -0.1) is 0 Å². The first kappa shape index (κ1) is 18.4. The quantitative estimate of drug-likeness (QED) is 0.552. The van der Waals surface area contributed by atoms with Crippen LogP contribution in [-0.2, 0) is 11.8 Å². The standard InChI is InChI=1S/C26H26O2/c1-4-28-23-11-9-22(10-12-23)26(25-14-13-24(27-3)17-19(25)2)16-15-20-7-5-6-8-21(20)18-26/h5-17H,4,18H2,1-3H3. The van der Waals surface area contributed by atoms with Crippen molar-refractivity contribution in [1.29, 1.82) is 0 Å². The second-order valence-electron chi connectivity index (χ2n) is 7.32. The van der Waals surface area contributed by atoms with Crippen molar-refractivity contribution >= 4 is 6.08 Å². The molecule has 0 spiro atoms. The first-order valence-corrected chi connectivity index (χ1v) is 9.82. The van der Waals surface area contributed by atoms with Crippen LogP contribution >= 0.6 is 0 Å². The van der Waals surface area contributed by atoms with Gasteiger partial charge in [0, 0.05) is 5.41 Å². The summed E-state index contributed by atoms with van der Waals surface area (Å²) in [7, 11) is 1.72. The minimum Gasteiger partial charge on any atom is -0.497 e. The van der Waals surface area contributed by atoms with Crippen LogP contribution in [0.4, 0.5) is 0 Å². The molecule has 0 N–H and O–H groups in total. The molecular weight excluding hydrogens is 344 g/mol. The van der Waals surface area contributed by atoms with Gasteiger partial charge >= 0.3 is 0 Å². The molecule has 1 unspecified atom stereocenters. The minimum atomic E-state index is -0.213. The Hall–Kier alpha value is -3.00. The van der Waals surface area contributed by atoms with E-state index >= 15 is 0 Å². The van der Waals surface area contributed by atoms with E-state index in [1.54, 1.807) is 7.11 Å². The Morgan fingerprint density at radius 2 is 1.68 bits per heavy atom. The number of benzene rings is 3. The van der Waals surface area contributed by atoms with Crippen molar-refractivity contribution < 1.29 is 9.47 Å². The number of rotatable bonds is 5. The van der Waals surface area contributed by atoms with Gasteiger partial charge in [-0.1, -0.05) is 54.6 Å². The molecule has 1 atom stereocenters. The average molecular weight is 370 g/mol. The fourth-order valence-corrected chi connectivity index (χ4v) is 4.27. The second-order valence-corrected chi connectivity index (χ2v) is 7.32. The van der Waals surface area contributed by atoms with Gasteiger partial charge in [-0.05, 0) is 72.4 Å². The van der Waals surface area contributed by atoms with Crippen molar-refractivity contribution in [1.82, 2.24) is 0 Å². The Kier molecular flexibility index (Phi) is 4.95. The highest BCUT2D eigenvalue weighted by molar-refractivity contribution is 5.65. The van der Waals surface area contributed by atoms with Crippen LogP contribution in [0.5, 0.6) is 11.5 Å². The van der Waals surface area contributed by atoms with E-state index in [1.165, 1.54) is 27.8 Å². The molecule has 0 saturated heterocycles. The van der Waals surface area contributed by atoms with Gasteiger partial charge in [0.1, 0.15) is 11.5 Å². The summed E-state index contributed by atoms with van der Waals surface area (Å²) in [5.41, 5.74) is 6.27. The number of methoxy groups -OCH3 is 1. The summed E-state index contributed by atoms with van der Waals surface area (Å²) in [5.74, 6) is 1.80. The van der Waals surface area contributed by atoms with Crippen LogP contribution in [0.2, 0.25) is 0 Å². The minimum absolute atomic E-state index is 0.213. The van der Waals surface area contributed by atoms with Gasteiger partial charge in [-0.2, -0.15) is 0 Å². The van der Waals surface area contributed by atoms with E-state index in [0.29, 0.717) is 6.61 Å². The highest BCUT2D eigenvalue weighted by Gasteiger charge is 2.36. The molecule has 1 aliphatic carbocycles. The second kappa shape index (κ2) is 7.55. The Bertz CT molecular complexity index is 1000. The van der Waals surface area contributed by atoms with E-state index in [2.05, 4.69) is 85.8 Å². The van der Waals surface area contributed by atoms with Crippen molar-refractivity contribution in [2.45, 2.75) is 25.7 Å². The molecule has 0 fully saturated rings. The SMILES string of the molecule is CCOc1ccc(C2(c3ccc(OC)cc3C)C=Cc3ccccc3C2)cc1. The molecule has 0 bridgehead atoms. The molecule has 28 heavy (non-hydrogen) atoms. The lowest BCUT2D eigenvalue weighted by molar-refractivity contribution is 0.340. The van der Waals surface area contributed by atoms with Crippen molar-refractivity contribution in [2.75, 3.05) is 13.7 Å². The largest absolute Gasteiger partial charge is 0.497 e. The molecule has 0 heterocycles. The third kappa shape index (κ3) is 3.20. The summed E-state index contributed by atoms with van der Waals surface area (Å²) in [6.45, 7) is 4.86. The lowest BCUT2D eigenvalue weighted by Gasteiger charge is -2.37. The summed E-state index contributed by atoms with van der Waals surface area (Å²) in [6.07, 6.45) is 5.56. The van der Waals surface area contributed by atoms with Crippen LogP contribution in [0, 0.1) is 6.92 Å². The topological polar surface area (TPSA) is 18.5 Å². The molecule has 3 aromatic rings. The monoisotopic (exact) mass is 370 g/mol. The predicted molar refractivity (Wildman–Crippen MR) is 115 cm³/mol. The van der Waals surface area contributed by atoms with E-state index in [4.69, 9.17) is 9.47 Å². The zero-order chi connectivity index (χ0) is 19.6. The molecule has 3 aromatic carbocycles. The number of hydrogen-bond donors (Lipinski definition) is 0. The fraction of sp³-hybridized carbons (Fsp3) is 0.231. The first-order chi connectivity index (χ1) is 13.7. The number of allylic oxidation sites excluding steroid dienone is 1. The Morgan fingerprint density at radius 1 is 0.929 bits per heavy atom. The molecule has 0 saturated carbocycles. The summed E-state index contributed by atoms with van der Waals surface area (Å²) in [4.78, 5) is 0. The van der Waals surface area contributed by atoms with Crippen LogP contribution in [-0.4, -0.2) is 13.7 Å². The van der Waals surface area contributed by atoms with Gasteiger partial charge in [0.25, 0.3) is 0 Å². The Labute approximate surface area is 167 Å². The zero-order valence-electron chi connectivity index (χ0n) is 16.7. The molecular formula is C26H26O2. The average Bonchev–Trinajstić information content (AvgIpc) is 2.74. The van der Waals surface area contributed by atoms with Gasteiger partial charge in [-0.25, -0.2) is 0 Å². The van der Waals surface area contributed by atoms with Crippen LogP contribution in [0.3, 0.4) is 0 Å². The summed E-state index contributed by atoms with van der Waals surface area (Å²) in [6, 6.07) is 23.6. The van der Waals surface area contributed by atoms with E-state index in [9.17, 15) is 0 Å². The molecule has 0 aliphatic heterocycles.